The van der Waals surface area contributed by atoms with E-state index in [4.69, 9.17) is 11.6 Å². The predicted octanol–water partition coefficient (Wildman–Crippen LogP) is 3.14. The minimum atomic E-state index is 0. The van der Waals surface area contributed by atoms with E-state index in [1.54, 1.807) is 7.05 Å². The lowest BCUT2D eigenvalue weighted by atomic mass is 10.0. The molecular formula is C15H26ClIN4. The zero-order valence-electron chi connectivity index (χ0n) is 13.2. The van der Waals surface area contributed by atoms with Gasteiger partial charge in [0.25, 0.3) is 0 Å². The number of guanidine groups is 1. The number of nitrogens with one attached hydrogen (secondary N) is 2. The molecule has 0 amide bonds. The maximum Gasteiger partial charge on any atom is 0.190 e. The predicted molar refractivity (Wildman–Crippen MR) is 103 cm³/mol. The fourth-order valence-electron chi connectivity index (χ4n) is 2.32. The second-order valence-electron chi connectivity index (χ2n) is 4.46. The summed E-state index contributed by atoms with van der Waals surface area (Å²) in [6, 6.07) is 8.26. The smallest absolute Gasteiger partial charge is 0.190 e. The van der Waals surface area contributed by atoms with Gasteiger partial charge in [0.05, 0.1) is 6.04 Å². The highest BCUT2D eigenvalue weighted by Gasteiger charge is 2.20. The molecule has 1 rings (SSSR count). The van der Waals surface area contributed by atoms with E-state index in [1.165, 1.54) is 0 Å². The summed E-state index contributed by atoms with van der Waals surface area (Å²) in [7, 11) is 3.62. The van der Waals surface area contributed by atoms with Crippen molar-refractivity contribution in [3.8, 4) is 0 Å². The molecule has 0 saturated heterocycles. The molecule has 0 radical (unpaired) electrons. The molecule has 21 heavy (non-hydrogen) atoms. The van der Waals surface area contributed by atoms with Crippen LogP contribution >= 0.6 is 35.6 Å². The molecule has 120 valence electrons. The average Bonchev–Trinajstić information content (AvgIpc) is 2.48. The summed E-state index contributed by atoms with van der Waals surface area (Å²) in [5, 5.41) is 7.18. The molecule has 4 nitrogen and oxygen atoms in total. The van der Waals surface area contributed by atoms with Gasteiger partial charge in [-0.05, 0) is 24.7 Å². The van der Waals surface area contributed by atoms with Gasteiger partial charge in [-0.25, -0.2) is 0 Å². The second-order valence-corrected chi connectivity index (χ2v) is 4.87. The molecule has 0 bridgehead atoms. The van der Waals surface area contributed by atoms with Gasteiger partial charge in [-0.3, -0.25) is 9.89 Å². The second kappa shape index (κ2) is 11.1. The van der Waals surface area contributed by atoms with E-state index in [-0.39, 0.29) is 30.0 Å². The first-order valence-corrected chi connectivity index (χ1v) is 7.42. The zero-order chi connectivity index (χ0) is 15.0. The first-order chi connectivity index (χ1) is 9.67. The van der Waals surface area contributed by atoms with Gasteiger partial charge in [-0.2, -0.15) is 0 Å². The summed E-state index contributed by atoms with van der Waals surface area (Å²) < 4.78 is 0. The first-order valence-electron chi connectivity index (χ1n) is 7.04. The Kier molecular flexibility index (Phi) is 10.8. The highest BCUT2D eigenvalue weighted by atomic mass is 127. The third kappa shape index (κ3) is 6.00. The van der Waals surface area contributed by atoms with E-state index < -0.39 is 0 Å². The summed E-state index contributed by atoms with van der Waals surface area (Å²) in [4.78, 5) is 6.53. The number of likely N-dealkylation sites (N-methyl/N-ethyl adjacent to an activating group) is 1. The molecule has 0 spiro atoms. The van der Waals surface area contributed by atoms with Crippen LogP contribution in [0.25, 0.3) is 0 Å². The highest BCUT2D eigenvalue weighted by molar-refractivity contribution is 14.0. The maximum atomic E-state index is 6.36. The van der Waals surface area contributed by atoms with Crippen LogP contribution in [-0.4, -0.2) is 44.6 Å². The molecule has 0 aliphatic rings. The van der Waals surface area contributed by atoms with Crippen LogP contribution in [0.4, 0.5) is 0 Å². The quantitative estimate of drug-likeness (QED) is 0.419. The fraction of sp³-hybridized carbons (Fsp3) is 0.533. The van der Waals surface area contributed by atoms with E-state index in [0.717, 1.165) is 36.2 Å². The Morgan fingerprint density at radius 1 is 1.29 bits per heavy atom. The van der Waals surface area contributed by atoms with Crippen molar-refractivity contribution < 1.29 is 0 Å². The molecule has 0 saturated carbocycles. The minimum absolute atomic E-state index is 0. The molecule has 1 aromatic rings. The van der Waals surface area contributed by atoms with Gasteiger partial charge >= 0.3 is 0 Å². The number of aliphatic imine (C=N–C) groups is 1. The van der Waals surface area contributed by atoms with E-state index >= 15 is 0 Å². The molecule has 1 aromatic carbocycles. The van der Waals surface area contributed by atoms with Crippen molar-refractivity contribution in [2.24, 2.45) is 4.99 Å². The van der Waals surface area contributed by atoms with Crippen LogP contribution in [0.2, 0.25) is 5.02 Å². The topological polar surface area (TPSA) is 39.7 Å². The standard InChI is InChI=1S/C15H25ClN4.HI/c1-5-20(6-2)14(11-19-15(17-3)18-4)12-9-7-8-10-13(12)16;/h7-10,14H,5-6,11H2,1-4H3,(H2,17,18,19);1H. The normalized spacial score (nSPS) is 12.8. The van der Waals surface area contributed by atoms with Crippen molar-refractivity contribution in [3.05, 3.63) is 34.9 Å². The van der Waals surface area contributed by atoms with Crippen molar-refractivity contribution >= 4 is 41.5 Å². The van der Waals surface area contributed by atoms with Crippen LogP contribution < -0.4 is 10.6 Å². The van der Waals surface area contributed by atoms with Gasteiger partial charge in [-0.15, -0.1) is 24.0 Å². The van der Waals surface area contributed by atoms with Crippen molar-refractivity contribution in [1.82, 2.24) is 15.5 Å². The Hall–Kier alpha value is -0.530. The number of rotatable bonds is 6. The average molecular weight is 425 g/mol. The van der Waals surface area contributed by atoms with Crippen LogP contribution in [0.15, 0.2) is 29.3 Å². The van der Waals surface area contributed by atoms with Gasteiger partial charge in [0.15, 0.2) is 5.96 Å². The lowest BCUT2D eigenvalue weighted by Gasteiger charge is -2.31. The Morgan fingerprint density at radius 2 is 1.90 bits per heavy atom. The summed E-state index contributed by atoms with van der Waals surface area (Å²) in [6.07, 6.45) is 0. The van der Waals surface area contributed by atoms with Crippen LogP contribution in [0.3, 0.4) is 0 Å². The molecule has 0 aliphatic carbocycles. The lowest BCUT2D eigenvalue weighted by Crippen LogP contribution is -2.42. The maximum absolute atomic E-state index is 6.36. The molecule has 0 fully saturated rings. The minimum Gasteiger partial charge on any atom is -0.359 e. The van der Waals surface area contributed by atoms with Crippen LogP contribution in [-0.2, 0) is 0 Å². The molecule has 2 N–H and O–H groups in total. The van der Waals surface area contributed by atoms with Gasteiger partial charge in [0, 0.05) is 25.7 Å². The first kappa shape index (κ1) is 20.5. The monoisotopic (exact) mass is 424 g/mol. The molecule has 0 aromatic heterocycles. The zero-order valence-corrected chi connectivity index (χ0v) is 16.3. The largest absolute Gasteiger partial charge is 0.359 e. The summed E-state index contributed by atoms with van der Waals surface area (Å²) in [5.74, 6) is 0.786. The Labute approximate surface area is 150 Å². The summed E-state index contributed by atoms with van der Waals surface area (Å²) in [6.45, 7) is 7.05. The number of hydrogen-bond acceptors (Lipinski definition) is 2. The molecule has 0 heterocycles. The number of hydrogen-bond donors (Lipinski definition) is 2. The third-order valence-electron chi connectivity index (χ3n) is 3.44. The van der Waals surface area contributed by atoms with Crippen molar-refractivity contribution in [2.75, 3.05) is 33.7 Å². The summed E-state index contributed by atoms with van der Waals surface area (Å²) >= 11 is 6.36. The summed E-state index contributed by atoms with van der Waals surface area (Å²) in [5.41, 5.74) is 1.15. The highest BCUT2D eigenvalue weighted by Crippen LogP contribution is 2.26. The Morgan fingerprint density at radius 3 is 2.38 bits per heavy atom. The van der Waals surface area contributed by atoms with Crippen LogP contribution in [0, 0.1) is 0 Å². The van der Waals surface area contributed by atoms with E-state index in [1.807, 2.05) is 25.2 Å². The van der Waals surface area contributed by atoms with E-state index in [0.29, 0.717) is 0 Å². The van der Waals surface area contributed by atoms with E-state index in [9.17, 15) is 0 Å². The number of benzene rings is 1. The third-order valence-corrected chi connectivity index (χ3v) is 3.78. The van der Waals surface area contributed by atoms with Gasteiger partial charge in [-0.1, -0.05) is 43.6 Å². The van der Waals surface area contributed by atoms with Gasteiger partial charge < -0.3 is 10.6 Å². The molecular weight excluding hydrogens is 399 g/mol. The van der Waals surface area contributed by atoms with Crippen molar-refractivity contribution in [2.45, 2.75) is 19.9 Å². The van der Waals surface area contributed by atoms with Crippen LogP contribution in [0.5, 0.6) is 0 Å². The molecule has 1 atom stereocenters. The van der Waals surface area contributed by atoms with Gasteiger partial charge in [0.2, 0.25) is 0 Å². The Balaban J connectivity index is 0.00000400. The van der Waals surface area contributed by atoms with Crippen LogP contribution in [0.1, 0.15) is 25.5 Å². The lowest BCUT2D eigenvalue weighted by molar-refractivity contribution is 0.219. The molecule has 6 heteroatoms. The number of halogens is 2. The van der Waals surface area contributed by atoms with Gasteiger partial charge in [0.1, 0.15) is 0 Å². The Bertz CT molecular complexity index is 435. The SMILES string of the molecule is CCN(CC)C(CNC(=NC)NC)c1ccccc1Cl.I. The number of nitrogens with zero attached hydrogens (tertiary/aromatic N) is 2. The van der Waals surface area contributed by atoms with E-state index in [2.05, 4.69) is 40.4 Å². The van der Waals surface area contributed by atoms with Crippen molar-refractivity contribution in [3.63, 3.8) is 0 Å². The molecule has 1 unspecified atom stereocenters. The molecule has 0 aliphatic heterocycles. The van der Waals surface area contributed by atoms with Crippen molar-refractivity contribution in [1.29, 1.82) is 0 Å². The fourth-order valence-corrected chi connectivity index (χ4v) is 2.58.